The van der Waals surface area contributed by atoms with E-state index in [1.54, 1.807) is 0 Å². The Morgan fingerprint density at radius 1 is 1.30 bits per heavy atom. The summed E-state index contributed by atoms with van der Waals surface area (Å²) in [7, 11) is -4.10. The minimum atomic E-state index is -4.68. The Balaban J connectivity index is 2.41. The van der Waals surface area contributed by atoms with Gasteiger partial charge in [0.25, 0.3) is 0 Å². The Bertz CT molecular complexity index is 589. The van der Waals surface area contributed by atoms with Gasteiger partial charge in [-0.3, -0.25) is 0 Å². The molecule has 1 atom stereocenters. The number of halogens is 4. The zero-order valence-electron chi connectivity index (χ0n) is 10.4. The Kier molecular flexibility index (Phi) is 4.46. The van der Waals surface area contributed by atoms with Gasteiger partial charge in [-0.2, -0.15) is 17.5 Å². The van der Waals surface area contributed by atoms with Crippen LogP contribution in [-0.4, -0.2) is 31.1 Å². The van der Waals surface area contributed by atoms with Gasteiger partial charge in [-0.1, -0.05) is 28.1 Å². The maximum Gasteiger partial charge on any atom is 0.417 e. The molecule has 0 radical (unpaired) electrons. The number of benzene rings is 1. The third-order valence-corrected chi connectivity index (χ3v) is 6.12. The van der Waals surface area contributed by atoms with E-state index in [-0.39, 0.29) is 19.0 Å². The fourth-order valence-electron chi connectivity index (χ4n) is 2.21. The molecule has 1 aromatic rings. The maximum absolute atomic E-state index is 12.9. The summed E-state index contributed by atoms with van der Waals surface area (Å²) in [6, 6.07) is 4.30. The number of sulfonamides is 1. The molecular formula is C12H13BrF3NO2S. The van der Waals surface area contributed by atoms with Crippen molar-refractivity contribution in [2.75, 3.05) is 18.4 Å². The van der Waals surface area contributed by atoms with Gasteiger partial charge in [0.05, 0.1) is 10.5 Å². The Labute approximate surface area is 123 Å². The molecule has 20 heavy (non-hydrogen) atoms. The molecule has 1 aliphatic heterocycles. The third kappa shape index (κ3) is 3.01. The Morgan fingerprint density at radius 3 is 2.50 bits per heavy atom. The van der Waals surface area contributed by atoms with Gasteiger partial charge in [0, 0.05) is 18.4 Å². The van der Waals surface area contributed by atoms with Crippen molar-refractivity contribution in [2.45, 2.75) is 17.5 Å². The van der Waals surface area contributed by atoms with E-state index in [0.717, 1.165) is 16.4 Å². The van der Waals surface area contributed by atoms with Crippen LogP contribution in [0.5, 0.6) is 0 Å². The van der Waals surface area contributed by atoms with Gasteiger partial charge in [-0.05, 0) is 24.5 Å². The van der Waals surface area contributed by atoms with Crippen LogP contribution in [0.25, 0.3) is 0 Å². The molecule has 8 heteroatoms. The molecule has 0 spiro atoms. The SMILES string of the molecule is O=S(=O)(c1ccccc1C(F)(F)F)N1CCC(CBr)C1. The first-order valence-corrected chi connectivity index (χ1v) is 8.55. The summed E-state index contributed by atoms with van der Waals surface area (Å²) >= 11 is 3.27. The lowest BCUT2D eigenvalue weighted by molar-refractivity contribution is -0.139. The molecule has 1 fully saturated rings. The number of hydrogen-bond acceptors (Lipinski definition) is 2. The van der Waals surface area contributed by atoms with Crippen LogP contribution in [0, 0.1) is 5.92 Å². The van der Waals surface area contributed by atoms with Gasteiger partial charge >= 0.3 is 6.18 Å². The van der Waals surface area contributed by atoms with Crippen molar-refractivity contribution in [3.05, 3.63) is 29.8 Å². The molecule has 0 amide bonds. The summed E-state index contributed by atoms with van der Waals surface area (Å²) in [6.45, 7) is 0.505. The third-order valence-electron chi connectivity index (χ3n) is 3.28. The maximum atomic E-state index is 12.9. The average molecular weight is 372 g/mol. The van der Waals surface area contributed by atoms with Crippen LogP contribution in [0.2, 0.25) is 0 Å². The normalized spacial score (nSPS) is 21.3. The summed E-state index contributed by atoms with van der Waals surface area (Å²) in [5.41, 5.74) is -1.11. The molecule has 0 bridgehead atoms. The molecule has 0 N–H and O–H groups in total. The number of alkyl halides is 4. The standard InChI is InChI=1S/C12H13BrF3NO2S/c13-7-9-5-6-17(8-9)20(18,19)11-4-2-1-3-10(11)12(14,15)16/h1-4,9H,5-8H2. The van der Waals surface area contributed by atoms with Crippen molar-refractivity contribution in [3.63, 3.8) is 0 Å². The first kappa shape index (κ1) is 15.8. The molecule has 1 heterocycles. The number of hydrogen-bond donors (Lipinski definition) is 0. The number of rotatable bonds is 3. The van der Waals surface area contributed by atoms with Crippen LogP contribution in [-0.2, 0) is 16.2 Å². The van der Waals surface area contributed by atoms with E-state index in [1.807, 2.05) is 0 Å². The first-order valence-electron chi connectivity index (χ1n) is 5.99. The highest BCUT2D eigenvalue weighted by atomic mass is 79.9. The predicted octanol–water partition coefficient (Wildman–Crippen LogP) is 3.11. The first-order chi connectivity index (χ1) is 9.26. The molecule has 112 valence electrons. The second-order valence-electron chi connectivity index (χ2n) is 4.67. The summed E-state index contributed by atoms with van der Waals surface area (Å²) in [5, 5.41) is 0.639. The molecule has 1 aromatic carbocycles. The van der Waals surface area contributed by atoms with Crippen molar-refractivity contribution in [3.8, 4) is 0 Å². The molecule has 0 aromatic heterocycles. The molecule has 0 saturated carbocycles. The van der Waals surface area contributed by atoms with Crippen molar-refractivity contribution < 1.29 is 21.6 Å². The zero-order valence-corrected chi connectivity index (χ0v) is 12.8. The Morgan fingerprint density at radius 2 is 1.95 bits per heavy atom. The second kappa shape index (κ2) is 5.65. The van der Waals surface area contributed by atoms with Gasteiger partial charge in [0.1, 0.15) is 0 Å². The van der Waals surface area contributed by atoms with Crippen LogP contribution >= 0.6 is 15.9 Å². The topological polar surface area (TPSA) is 37.4 Å². The highest BCUT2D eigenvalue weighted by Gasteiger charge is 2.40. The molecule has 0 aliphatic carbocycles. The highest BCUT2D eigenvalue weighted by molar-refractivity contribution is 9.09. The van der Waals surface area contributed by atoms with Crippen LogP contribution in [0.15, 0.2) is 29.2 Å². The van der Waals surface area contributed by atoms with Crippen LogP contribution in [0.1, 0.15) is 12.0 Å². The lowest BCUT2D eigenvalue weighted by atomic mass is 10.2. The quantitative estimate of drug-likeness (QED) is 0.765. The van der Waals surface area contributed by atoms with Crippen LogP contribution in [0.3, 0.4) is 0 Å². The minimum Gasteiger partial charge on any atom is -0.207 e. The smallest absolute Gasteiger partial charge is 0.207 e. The predicted molar refractivity (Wildman–Crippen MR) is 72.1 cm³/mol. The largest absolute Gasteiger partial charge is 0.417 e. The molecule has 3 nitrogen and oxygen atoms in total. The van der Waals surface area contributed by atoms with Crippen LogP contribution < -0.4 is 0 Å². The van der Waals surface area contributed by atoms with E-state index in [2.05, 4.69) is 15.9 Å². The lowest BCUT2D eigenvalue weighted by Gasteiger charge is -2.19. The van der Waals surface area contributed by atoms with Gasteiger partial charge in [-0.15, -0.1) is 0 Å². The van der Waals surface area contributed by atoms with E-state index in [1.165, 1.54) is 12.1 Å². The summed E-state index contributed by atoms with van der Waals surface area (Å²) in [4.78, 5) is -0.664. The molecule has 1 saturated heterocycles. The van der Waals surface area contributed by atoms with Gasteiger partial charge in [0.15, 0.2) is 0 Å². The molecular weight excluding hydrogens is 359 g/mol. The lowest BCUT2D eigenvalue weighted by Crippen LogP contribution is -2.30. The van der Waals surface area contributed by atoms with Gasteiger partial charge < -0.3 is 0 Å². The fourth-order valence-corrected chi connectivity index (χ4v) is 4.48. The second-order valence-corrected chi connectivity index (χ2v) is 7.22. The van der Waals surface area contributed by atoms with Gasteiger partial charge in [-0.25, -0.2) is 8.42 Å². The molecule has 1 unspecified atom stereocenters. The van der Waals surface area contributed by atoms with Crippen molar-refractivity contribution >= 4 is 26.0 Å². The molecule has 1 aliphatic rings. The van der Waals surface area contributed by atoms with Crippen molar-refractivity contribution in [2.24, 2.45) is 5.92 Å². The minimum absolute atomic E-state index is 0.142. The highest BCUT2D eigenvalue weighted by Crippen LogP contribution is 2.36. The van der Waals surface area contributed by atoms with E-state index < -0.39 is 26.7 Å². The summed E-state index contributed by atoms with van der Waals surface area (Å²) in [5.74, 6) is 0.142. The molecule has 2 rings (SSSR count). The Hall–Kier alpha value is -0.600. The number of nitrogens with zero attached hydrogens (tertiary/aromatic N) is 1. The van der Waals surface area contributed by atoms with Gasteiger partial charge in [0.2, 0.25) is 10.0 Å². The van der Waals surface area contributed by atoms with E-state index in [4.69, 9.17) is 0 Å². The van der Waals surface area contributed by atoms with E-state index in [0.29, 0.717) is 11.8 Å². The summed E-state index contributed by atoms with van der Waals surface area (Å²) < 4.78 is 64.6. The average Bonchev–Trinajstić information content (AvgIpc) is 2.87. The van der Waals surface area contributed by atoms with Crippen molar-refractivity contribution in [1.29, 1.82) is 0 Å². The van der Waals surface area contributed by atoms with E-state index >= 15 is 0 Å². The van der Waals surface area contributed by atoms with Crippen molar-refractivity contribution in [1.82, 2.24) is 4.31 Å². The van der Waals surface area contributed by atoms with E-state index in [9.17, 15) is 21.6 Å². The monoisotopic (exact) mass is 371 g/mol. The summed E-state index contributed by atoms with van der Waals surface area (Å²) in [6.07, 6.45) is -4.03. The fraction of sp³-hybridized carbons (Fsp3) is 0.500. The zero-order chi connectivity index (χ0) is 15.0. The van der Waals surface area contributed by atoms with Crippen LogP contribution in [0.4, 0.5) is 13.2 Å².